The maximum absolute atomic E-state index is 11.4. The van der Waals surface area contributed by atoms with Crippen LogP contribution in [0.15, 0.2) is 24.3 Å². The van der Waals surface area contributed by atoms with Gasteiger partial charge in [-0.05, 0) is 36.4 Å². The van der Waals surface area contributed by atoms with Gasteiger partial charge in [-0.25, -0.2) is 4.79 Å². The maximum Gasteiger partial charge on any atom is 0.340 e. The van der Waals surface area contributed by atoms with E-state index >= 15 is 0 Å². The minimum absolute atomic E-state index is 0.0160. The third-order valence-electron chi connectivity index (χ3n) is 3.55. The number of hydrogen-bond acceptors (Lipinski definition) is 3. The predicted octanol–water partition coefficient (Wildman–Crippen LogP) is 3.19. The number of aromatic hydroxyl groups is 1. The monoisotopic (exact) mass is 294 g/mol. The second-order valence-electron chi connectivity index (χ2n) is 4.80. The Morgan fingerprint density at radius 2 is 2.00 bits per heavy atom. The van der Waals surface area contributed by atoms with Gasteiger partial charge < -0.3 is 15.3 Å². The highest BCUT2D eigenvalue weighted by molar-refractivity contribution is 6.31. The standard InChI is InChI=1S/C15H15ClO4/c1-3-15(20,14(18)19)12-8(2)6-9-4-5-10(16)7-11(9)13(12)17/h4-7,17,20H,3H2,1-2H3,(H,18,19). The van der Waals surface area contributed by atoms with Crippen molar-refractivity contribution in [3.63, 3.8) is 0 Å². The number of carboxylic acid groups (broad SMARTS) is 1. The van der Waals surface area contributed by atoms with Crippen molar-refractivity contribution in [2.24, 2.45) is 0 Å². The number of halogens is 1. The summed E-state index contributed by atoms with van der Waals surface area (Å²) in [7, 11) is 0. The fourth-order valence-electron chi connectivity index (χ4n) is 2.44. The van der Waals surface area contributed by atoms with Gasteiger partial charge in [0.2, 0.25) is 0 Å². The summed E-state index contributed by atoms with van der Waals surface area (Å²) in [6.45, 7) is 3.21. The highest BCUT2D eigenvalue weighted by Crippen LogP contribution is 2.40. The van der Waals surface area contributed by atoms with Crippen molar-refractivity contribution in [3.05, 3.63) is 40.4 Å². The lowest BCUT2D eigenvalue weighted by Crippen LogP contribution is -2.35. The number of carbonyl (C=O) groups is 1. The van der Waals surface area contributed by atoms with Gasteiger partial charge in [-0.3, -0.25) is 0 Å². The fourth-order valence-corrected chi connectivity index (χ4v) is 2.62. The molecule has 0 aliphatic rings. The summed E-state index contributed by atoms with van der Waals surface area (Å²) in [5.74, 6) is -1.63. The second-order valence-corrected chi connectivity index (χ2v) is 5.24. The van der Waals surface area contributed by atoms with Gasteiger partial charge in [0, 0.05) is 16.0 Å². The normalized spacial score (nSPS) is 14.2. The van der Waals surface area contributed by atoms with Crippen molar-refractivity contribution in [1.29, 1.82) is 0 Å². The summed E-state index contributed by atoms with van der Waals surface area (Å²) < 4.78 is 0. The first-order valence-corrected chi connectivity index (χ1v) is 6.57. The summed E-state index contributed by atoms with van der Waals surface area (Å²) >= 11 is 5.90. The molecule has 5 heteroatoms. The number of aliphatic carboxylic acids is 1. The molecular formula is C15H15ClO4. The molecule has 3 N–H and O–H groups in total. The summed E-state index contributed by atoms with van der Waals surface area (Å²) in [6.07, 6.45) is -0.0528. The van der Waals surface area contributed by atoms with Crippen LogP contribution in [0.2, 0.25) is 5.02 Å². The molecular weight excluding hydrogens is 280 g/mol. The number of aliphatic hydroxyl groups is 1. The zero-order valence-corrected chi connectivity index (χ0v) is 11.9. The van der Waals surface area contributed by atoms with Crippen molar-refractivity contribution < 1.29 is 20.1 Å². The molecule has 0 fully saturated rings. The van der Waals surface area contributed by atoms with Crippen LogP contribution in [0.25, 0.3) is 10.8 Å². The summed E-state index contributed by atoms with van der Waals surface area (Å²) in [5.41, 5.74) is -1.59. The van der Waals surface area contributed by atoms with Crippen molar-refractivity contribution in [2.45, 2.75) is 25.9 Å². The summed E-state index contributed by atoms with van der Waals surface area (Å²) in [4.78, 5) is 11.4. The number of phenols is 1. The number of aryl methyl sites for hydroxylation is 1. The van der Waals surface area contributed by atoms with Crippen LogP contribution in [0.5, 0.6) is 5.75 Å². The molecule has 0 heterocycles. The topological polar surface area (TPSA) is 77.8 Å². The van der Waals surface area contributed by atoms with Gasteiger partial charge in [-0.15, -0.1) is 0 Å². The highest BCUT2D eigenvalue weighted by Gasteiger charge is 2.40. The van der Waals surface area contributed by atoms with Gasteiger partial charge in [0.1, 0.15) is 5.75 Å². The molecule has 4 nitrogen and oxygen atoms in total. The molecule has 0 aliphatic carbocycles. The van der Waals surface area contributed by atoms with Crippen LogP contribution in [0.3, 0.4) is 0 Å². The van der Waals surface area contributed by atoms with E-state index in [0.29, 0.717) is 16.0 Å². The van der Waals surface area contributed by atoms with E-state index < -0.39 is 11.6 Å². The number of fused-ring (bicyclic) bond motifs is 1. The Morgan fingerprint density at radius 3 is 2.55 bits per heavy atom. The molecule has 106 valence electrons. The SMILES string of the molecule is CCC(O)(C(=O)O)c1c(C)cc2ccc(Cl)cc2c1O. The molecule has 0 spiro atoms. The molecule has 0 aromatic heterocycles. The van der Waals surface area contributed by atoms with Crippen LogP contribution >= 0.6 is 11.6 Å². The Balaban J connectivity index is 2.86. The zero-order valence-electron chi connectivity index (χ0n) is 11.1. The van der Waals surface area contributed by atoms with Crippen LogP contribution in [0.4, 0.5) is 0 Å². The molecule has 0 saturated heterocycles. The van der Waals surface area contributed by atoms with Gasteiger partial charge in [0.25, 0.3) is 0 Å². The molecule has 2 aromatic rings. The largest absolute Gasteiger partial charge is 0.507 e. The van der Waals surface area contributed by atoms with Crippen LogP contribution in [0, 0.1) is 6.92 Å². The van der Waals surface area contributed by atoms with Crippen molar-refractivity contribution in [3.8, 4) is 5.75 Å². The molecule has 1 atom stereocenters. The molecule has 0 aliphatic heterocycles. The zero-order chi connectivity index (χ0) is 15.1. The van der Waals surface area contributed by atoms with E-state index in [1.807, 2.05) is 0 Å². The Bertz CT molecular complexity index is 696. The third-order valence-corrected chi connectivity index (χ3v) is 3.79. The number of phenolic OH excluding ortho intramolecular Hbond substituents is 1. The number of benzene rings is 2. The van der Waals surface area contributed by atoms with Crippen LogP contribution in [0.1, 0.15) is 24.5 Å². The molecule has 1 unspecified atom stereocenters. The molecule has 20 heavy (non-hydrogen) atoms. The van der Waals surface area contributed by atoms with E-state index in [2.05, 4.69) is 0 Å². The first-order valence-electron chi connectivity index (χ1n) is 6.19. The molecule has 2 rings (SSSR count). The average Bonchev–Trinajstić information content (AvgIpc) is 2.39. The highest BCUT2D eigenvalue weighted by atomic mass is 35.5. The number of carboxylic acids is 1. The first-order chi connectivity index (χ1) is 9.31. The van der Waals surface area contributed by atoms with Crippen molar-refractivity contribution >= 4 is 28.3 Å². The molecule has 0 bridgehead atoms. The fraction of sp³-hybridized carbons (Fsp3) is 0.267. The minimum atomic E-state index is -2.12. The minimum Gasteiger partial charge on any atom is -0.507 e. The van der Waals surface area contributed by atoms with Gasteiger partial charge >= 0.3 is 5.97 Å². The Morgan fingerprint density at radius 1 is 1.35 bits per heavy atom. The van der Waals surface area contributed by atoms with Gasteiger partial charge in [-0.2, -0.15) is 0 Å². The Labute approximate surface area is 121 Å². The predicted molar refractivity (Wildman–Crippen MR) is 77.2 cm³/mol. The molecule has 2 aromatic carbocycles. The van der Waals surface area contributed by atoms with Crippen LogP contribution < -0.4 is 0 Å². The van der Waals surface area contributed by atoms with Crippen LogP contribution in [-0.2, 0) is 10.4 Å². The lowest BCUT2D eigenvalue weighted by Gasteiger charge is -2.26. The molecule has 0 amide bonds. The smallest absolute Gasteiger partial charge is 0.340 e. The van der Waals surface area contributed by atoms with E-state index in [9.17, 15) is 20.1 Å². The lowest BCUT2D eigenvalue weighted by atomic mass is 9.85. The van der Waals surface area contributed by atoms with Gasteiger partial charge in [0.15, 0.2) is 5.60 Å². The third kappa shape index (κ3) is 2.11. The summed E-state index contributed by atoms with van der Waals surface area (Å²) in [6, 6.07) is 6.70. The number of hydrogen-bond donors (Lipinski definition) is 3. The summed E-state index contributed by atoms with van der Waals surface area (Å²) in [5, 5.41) is 31.6. The maximum atomic E-state index is 11.4. The number of rotatable bonds is 3. The van der Waals surface area contributed by atoms with E-state index in [4.69, 9.17) is 11.6 Å². The quantitative estimate of drug-likeness (QED) is 0.812. The van der Waals surface area contributed by atoms with Crippen molar-refractivity contribution in [1.82, 2.24) is 0 Å². The molecule has 0 radical (unpaired) electrons. The van der Waals surface area contributed by atoms with E-state index in [-0.39, 0.29) is 17.7 Å². The lowest BCUT2D eigenvalue weighted by molar-refractivity contribution is -0.160. The van der Waals surface area contributed by atoms with E-state index in [1.54, 1.807) is 38.1 Å². The van der Waals surface area contributed by atoms with Crippen LogP contribution in [-0.4, -0.2) is 21.3 Å². The van der Waals surface area contributed by atoms with Crippen molar-refractivity contribution in [2.75, 3.05) is 0 Å². The van der Waals surface area contributed by atoms with E-state index in [1.165, 1.54) is 0 Å². The first kappa shape index (κ1) is 14.6. The molecule has 0 saturated carbocycles. The van der Waals surface area contributed by atoms with Gasteiger partial charge in [-0.1, -0.05) is 30.7 Å². The second kappa shape index (κ2) is 4.96. The van der Waals surface area contributed by atoms with Gasteiger partial charge in [0.05, 0.1) is 0 Å². The average molecular weight is 295 g/mol. The van der Waals surface area contributed by atoms with E-state index in [0.717, 1.165) is 5.39 Å². The Kier molecular flexibility index (Phi) is 3.63. The Hall–Kier alpha value is -1.78.